The highest BCUT2D eigenvalue weighted by atomic mass is 16.5. The van der Waals surface area contributed by atoms with Gasteiger partial charge >= 0.3 is 5.97 Å². The number of hydrogen-bond acceptors (Lipinski definition) is 6. The molecule has 3 aromatic rings. The number of carbonyl (C=O) groups is 2. The van der Waals surface area contributed by atoms with Crippen LogP contribution in [0.5, 0.6) is 0 Å². The number of rotatable bonds is 4. The number of amides is 1. The third kappa shape index (κ3) is 3.64. The maximum Gasteiger partial charge on any atom is 0.339 e. The summed E-state index contributed by atoms with van der Waals surface area (Å²) in [5.74, 6) is 0.812. The number of fused-ring (bicyclic) bond motifs is 1. The Morgan fingerprint density at radius 1 is 1.18 bits per heavy atom. The average Bonchev–Trinajstić information content (AvgIpc) is 3.14. The second-order valence-corrected chi connectivity index (χ2v) is 6.54. The minimum Gasteiger partial charge on any atom is -0.465 e. The zero-order valence-electron chi connectivity index (χ0n) is 15.4. The van der Waals surface area contributed by atoms with Crippen molar-refractivity contribution >= 4 is 11.9 Å². The van der Waals surface area contributed by atoms with E-state index in [-0.39, 0.29) is 11.6 Å². The Morgan fingerprint density at radius 3 is 2.71 bits per heavy atom. The zero-order chi connectivity index (χ0) is 19.5. The fourth-order valence-corrected chi connectivity index (χ4v) is 3.19. The fourth-order valence-electron chi connectivity index (χ4n) is 3.19. The number of oxazole rings is 1. The molecule has 4 rings (SSSR count). The van der Waals surface area contributed by atoms with Crippen LogP contribution in [0.15, 0.2) is 53.1 Å². The van der Waals surface area contributed by atoms with E-state index in [4.69, 9.17) is 4.42 Å². The van der Waals surface area contributed by atoms with Gasteiger partial charge in [-0.2, -0.15) is 0 Å². The van der Waals surface area contributed by atoms with Gasteiger partial charge in [0.25, 0.3) is 5.91 Å². The van der Waals surface area contributed by atoms with Crippen LogP contribution in [-0.2, 0) is 24.1 Å². The molecule has 0 radical (unpaired) electrons. The van der Waals surface area contributed by atoms with Crippen molar-refractivity contribution in [1.29, 1.82) is 0 Å². The summed E-state index contributed by atoms with van der Waals surface area (Å²) in [5.41, 5.74) is 2.51. The molecule has 28 heavy (non-hydrogen) atoms. The molecule has 0 saturated heterocycles. The van der Waals surface area contributed by atoms with Crippen molar-refractivity contribution < 1.29 is 18.7 Å². The second kappa shape index (κ2) is 7.64. The first-order valence-corrected chi connectivity index (χ1v) is 8.99. The van der Waals surface area contributed by atoms with Crippen LogP contribution < -0.4 is 0 Å². The van der Waals surface area contributed by atoms with Crippen LogP contribution in [0.25, 0.3) is 0 Å². The number of hydrogen-bond donors (Lipinski definition) is 0. The lowest BCUT2D eigenvalue weighted by Crippen LogP contribution is -2.36. The molecule has 0 fully saturated rings. The van der Waals surface area contributed by atoms with Gasteiger partial charge in [-0.05, 0) is 17.7 Å². The van der Waals surface area contributed by atoms with E-state index in [0.29, 0.717) is 37.4 Å². The van der Waals surface area contributed by atoms with Gasteiger partial charge in [0.15, 0.2) is 5.89 Å². The predicted molar refractivity (Wildman–Crippen MR) is 99.8 cm³/mol. The number of ether oxygens (including phenoxy) is 1. The summed E-state index contributed by atoms with van der Waals surface area (Å²) in [6, 6.07) is 13.1. The Hall–Kier alpha value is -3.48. The van der Waals surface area contributed by atoms with Gasteiger partial charge in [-0.3, -0.25) is 9.78 Å². The van der Waals surface area contributed by atoms with Crippen LogP contribution >= 0.6 is 0 Å². The molecule has 1 aliphatic heterocycles. The topological polar surface area (TPSA) is 85.5 Å². The van der Waals surface area contributed by atoms with E-state index in [1.165, 1.54) is 25.4 Å². The normalized spacial score (nSPS) is 13.1. The molecule has 0 spiro atoms. The SMILES string of the molecule is COC(=O)c1ccc(C(=O)N2CCc3oc(Cc4ccccc4)nc3C2)nc1. The molecule has 0 bridgehead atoms. The van der Waals surface area contributed by atoms with Crippen molar-refractivity contribution in [3.8, 4) is 0 Å². The van der Waals surface area contributed by atoms with Crippen LogP contribution in [0.4, 0.5) is 0 Å². The quantitative estimate of drug-likeness (QED) is 0.650. The highest BCUT2D eigenvalue weighted by Crippen LogP contribution is 2.22. The molecular formula is C21H19N3O4. The second-order valence-electron chi connectivity index (χ2n) is 6.54. The first kappa shape index (κ1) is 17.9. The monoisotopic (exact) mass is 377 g/mol. The molecule has 0 unspecified atom stereocenters. The number of pyridine rings is 1. The van der Waals surface area contributed by atoms with E-state index >= 15 is 0 Å². The lowest BCUT2D eigenvalue weighted by molar-refractivity contribution is 0.0598. The maximum atomic E-state index is 12.7. The van der Waals surface area contributed by atoms with Crippen LogP contribution in [0, 0.1) is 0 Å². The van der Waals surface area contributed by atoms with Crippen molar-refractivity contribution in [2.24, 2.45) is 0 Å². The molecule has 0 N–H and O–H groups in total. The predicted octanol–water partition coefficient (Wildman–Crippen LogP) is 2.65. The summed E-state index contributed by atoms with van der Waals surface area (Å²) >= 11 is 0. The average molecular weight is 377 g/mol. The van der Waals surface area contributed by atoms with Crippen molar-refractivity contribution in [3.63, 3.8) is 0 Å². The highest BCUT2D eigenvalue weighted by Gasteiger charge is 2.27. The van der Waals surface area contributed by atoms with Gasteiger partial charge in [0, 0.05) is 25.6 Å². The molecule has 1 amide bonds. The first-order valence-electron chi connectivity index (χ1n) is 8.99. The summed E-state index contributed by atoms with van der Waals surface area (Å²) in [4.78, 5) is 34.6. The number of methoxy groups -OCH3 is 1. The maximum absolute atomic E-state index is 12.7. The van der Waals surface area contributed by atoms with E-state index in [1.54, 1.807) is 4.90 Å². The lowest BCUT2D eigenvalue weighted by atomic mass is 10.1. The first-order chi connectivity index (χ1) is 13.6. The molecular weight excluding hydrogens is 358 g/mol. The van der Waals surface area contributed by atoms with Crippen molar-refractivity contribution in [2.75, 3.05) is 13.7 Å². The van der Waals surface area contributed by atoms with E-state index in [9.17, 15) is 9.59 Å². The molecule has 0 atom stereocenters. The van der Waals surface area contributed by atoms with Gasteiger partial charge in [-0.1, -0.05) is 30.3 Å². The molecule has 3 heterocycles. The van der Waals surface area contributed by atoms with Crippen molar-refractivity contribution in [3.05, 3.63) is 82.8 Å². The van der Waals surface area contributed by atoms with Gasteiger partial charge in [-0.25, -0.2) is 9.78 Å². The number of aromatic nitrogens is 2. The van der Waals surface area contributed by atoms with Crippen molar-refractivity contribution in [1.82, 2.24) is 14.9 Å². The molecule has 0 aliphatic carbocycles. The van der Waals surface area contributed by atoms with Crippen LogP contribution in [-0.4, -0.2) is 40.4 Å². The summed E-state index contributed by atoms with van der Waals surface area (Å²) in [6.45, 7) is 0.916. The summed E-state index contributed by atoms with van der Waals surface area (Å²) in [6.07, 6.45) is 2.59. The van der Waals surface area contributed by atoms with Gasteiger partial charge in [0.1, 0.15) is 17.1 Å². The minimum atomic E-state index is -0.484. The molecule has 2 aromatic heterocycles. The van der Waals surface area contributed by atoms with Gasteiger partial charge in [0.2, 0.25) is 0 Å². The Kier molecular flexibility index (Phi) is 4.89. The van der Waals surface area contributed by atoms with Crippen LogP contribution in [0.2, 0.25) is 0 Å². The number of esters is 1. The summed E-state index contributed by atoms with van der Waals surface area (Å²) < 4.78 is 10.5. The van der Waals surface area contributed by atoms with E-state index < -0.39 is 5.97 Å². The summed E-state index contributed by atoms with van der Waals surface area (Å²) in [7, 11) is 1.30. The largest absolute Gasteiger partial charge is 0.465 e. The Morgan fingerprint density at radius 2 is 2.00 bits per heavy atom. The third-order valence-corrected chi connectivity index (χ3v) is 4.66. The Bertz CT molecular complexity index is 996. The molecule has 0 saturated carbocycles. The van der Waals surface area contributed by atoms with Gasteiger partial charge in [0.05, 0.1) is 19.2 Å². The fraction of sp³-hybridized carbons (Fsp3) is 0.238. The minimum absolute atomic E-state index is 0.199. The third-order valence-electron chi connectivity index (χ3n) is 4.66. The molecule has 7 heteroatoms. The van der Waals surface area contributed by atoms with E-state index in [0.717, 1.165) is 17.0 Å². The van der Waals surface area contributed by atoms with Gasteiger partial charge in [-0.15, -0.1) is 0 Å². The molecule has 1 aromatic carbocycles. The molecule has 142 valence electrons. The van der Waals surface area contributed by atoms with Crippen molar-refractivity contribution in [2.45, 2.75) is 19.4 Å². The summed E-state index contributed by atoms with van der Waals surface area (Å²) in [5, 5.41) is 0. The number of benzene rings is 1. The number of carbonyl (C=O) groups excluding carboxylic acids is 2. The Balaban J connectivity index is 1.46. The lowest BCUT2D eigenvalue weighted by Gasteiger charge is -2.24. The smallest absolute Gasteiger partial charge is 0.339 e. The highest BCUT2D eigenvalue weighted by molar-refractivity contribution is 5.94. The zero-order valence-corrected chi connectivity index (χ0v) is 15.4. The van der Waals surface area contributed by atoms with E-state index in [2.05, 4.69) is 14.7 Å². The molecule has 1 aliphatic rings. The number of nitrogens with zero attached hydrogens (tertiary/aromatic N) is 3. The van der Waals surface area contributed by atoms with E-state index in [1.807, 2.05) is 30.3 Å². The molecule has 7 nitrogen and oxygen atoms in total. The standard InChI is InChI=1S/C21H19N3O4/c1-27-21(26)15-7-8-16(22-12-15)20(25)24-10-9-18-17(13-24)23-19(28-18)11-14-5-3-2-4-6-14/h2-8,12H,9-11,13H2,1H3. The Labute approximate surface area is 162 Å². The van der Waals surface area contributed by atoms with Crippen LogP contribution in [0.3, 0.4) is 0 Å². The van der Waals surface area contributed by atoms with Gasteiger partial charge < -0.3 is 14.1 Å². The van der Waals surface area contributed by atoms with Crippen LogP contribution in [0.1, 0.15) is 43.8 Å².